The summed E-state index contributed by atoms with van der Waals surface area (Å²) in [6, 6.07) is 9.20. The van der Waals surface area contributed by atoms with Crippen molar-refractivity contribution < 1.29 is 9.53 Å². The highest BCUT2D eigenvalue weighted by Crippen LogP contribution is 2.05. The van der Waals surface area contributed by atoms with Gasteiger partial charge in [0.05, 0.1) is 6.61 Å². The maximum Gasteiger partial charge on any atom is 0.191 e. The highest BCUT2D eigenvalue weighted by molar-refractivity contribution is 9.09. The van der Waals surface area contributed by atoms with Gasteiger partial charge in [-0.05, 0) is 6.92 Å². The highest BCUT2D eigenvalue weighted by Gasteiger charge is 2.14. The first kappa shape index (κ1) is 11.4. The van der Waals surface area contributed by atoms with E-state index in [0.717, 1.165) is 5.33 Å². The van der Waals surface area contributed by atoms with Crippen molar-refractivity contribution >= 4 is 21.7 Å². The molecule has 0 aliphatic rings. The minimum Gasteiger partial charge on any atom is -0.369 e. The average Bonchev–Trinajstić information content (AvgIpc) is 2.26. The molecule has 2 nitrogen and oxygen atoms in total. The van der Waals surface area contributed by atoms with Crippen molar-refractivity contribution in [3.05, 3.63) is 35.9 Å². The standard InChI is InChI=1S/C11H13BrO2/c1-9(14-8-7-12)11(13)10-5-3-2-4-6-10/h2-6,9H,7-8H2,1H3. The van der Waals surface area contributed by atoms with Crippen molar-refractivity contribution in [3.63, 3.8) is 0 Å². The summed E-state index contributed by atoms with van der Waals surface area (Å²) < 4.78 is 5.31. The second-order valence-electron chi connectivity index (χ2n) is 2.93. The van der Waals surface area contributed by atoms with E-state index in [1.807, 2.05) is 18.2 Å². The summed E-state index contributed by atoms with van der Waals surface area (Å²) >= 11 is 3.25. The Morgan fingerprint density at radius 2 is 2.07 bits per heavy atom. The molecular formula is C11H13BrO2. The van der Waals surface area contributed by atoms with Crippen molar-refractivity contribution in [2.75, 3.05) is 11.9 Å². The van der Waals surface area contributed by atoms with Crippen molar-refractivity contribution in [3.8, 4) is 0 Å². The highest BCUT2D eigenvalue weighted by atomic mass is 79.9. The van der Waals surface area contributed by atoms with Crippen LogP contribution >= 0.6 is 15.9 Å². The van der Waals surface area contributed by atoms with E-state index in [9.17, 15) is 4.79 Å². The van der Waals surface area contributed by atoms with Gasteiger partial charge in [0, 0.05) is 10.9 Å². The fourth-order valence-corrected chi connectivity index (χ4v) is 1.32. The zero-order chi connectivity index (χ0) is 10.4. The Balaban J connectivity index is 2.57. The lowest BCUT2D eigenvalue weighted by Crippen LogP contribution is -2.21. The van der Waals surface area contributed by atoms with Crippen LogP contribution < -0.4 is 0 Å². The number of carbonyl (C=O) groups is 1. The molecule has 0 fully saturated rings. The molecule has 14 heavy (non-hydrogen) atoms. The minimum atomic E-state index is -0.366. The van der Waals surface area contributed by atoms with Gasteiger partial charge in [-0.1, -0.05) is 46.3 Å². The molecule has 0 heterocycles. The third-order valence-corrected chi connectivity index (χ3v) is 2.20. The molecule has 3 heteroatoms. The second kappa shape index (κ2) is 5.94. The maximum absolute atomic E-state index is 11.7. The fourth-order valence-electron chi connectivity index (χ4n) is 1.13. The maximum atomic E-state index is 11.7. The molecule has 76 valence electrons. The number of ketones is 1. The number of carbonyl (C=O) groups excluding carboxylic acids is 1. The Hall–Kier alpha value is -0.670. The van der Waals surface area contributed by atoms with Crippen LogP contribution in [0.1, 0.15) is 17.3 Å². The number of Topliss-reactive ketones (excluding diaryl/α,β-unsaturated/α-hetero) is 1. The summed E-state index contributed by atoms with van der Waals surface area (Å²) in [5.41, 5.74) is 0.703. The van der Waals surface area contributed by atoms with Gasteiger partial charge in [0.25, 0.3) is 0 Å². The lowest BCUT2D eigenvalue weighted by molar-refractivity contribution is 0.0531. The molecule has 0 radical (unpaired) electrons. The van der Waals surface area contributed by atoms with Crippen molar-refractivity contribution in [2.45, 2.75) is 13.0 Å². The van der Waals surface area contributed by atoms with Gasteiger partial charge in [-0.15, -0.1) is 0 Å². The normalized spacial score (nSPS) is 12.4. The lowest BCUT2D eigenvalue weighted by Gasteiger charge is -2.10. The zero-order valence-corrected chi connectivity index (χ0v) is 9.66. The Kier molecular flexibility index (Phi) is 4.84. The number of alkyl halides is 1. The van der Waals surface area contributed by atoms with E-state index in [0.29, 0.717) is 12.2 Å². The molecule has 1 aromatic rings. The Bertz CT molecular complexity index is 285. The number of benzene rings is 1. The van der Waals surface area contributed by atoms with Gasteiger partial charge in [0.2, 0.25) is 0 Å². The number of halogens is 1. The van der Waals surface area contributed by atoms with Crippen LogP contribution in [-0.4, -0.2) is 23.8 Å². The topological polar surface area (TPSA) is 26.3 Å². The monoisotopic (exact) mass is 256 g/mol. The van der Waals surface area contributed by atoms with Crippen LogP contribution in [0.25, 0.3) is 0 Å². The molecule has 1 atom stereocenters. The summed E-state index contributed by atoms with van der Waals surface area (Å²) in [6.07, 6.45) is -0.366. The van der Waals surface area contributed by atoms with Crippen molar-refractivity contribution in [2.24, 2.45) is 0 Å². The SMILES string of the molecule is CC(OCCBr)C(=O)c1ccccc1. The van der Waals surface area contributed by atoms with E-state index >= 15 is 0 Å². The molecule has 0 spiro atoms. The van der Waals surface area contributed by atoms with E-state index in [1.165, 1.54) is 0 Å². The lowest BCUT2D eigenvalue weighted by atomic mass is 10.1. The first-order valence-corrected chi connectivity index (χ1v) is 5.64. The van der Waals surface area contributed by atoms with Crippen molar-refractivity contribution in [1.29, 1.82) is 0 Å². The van der Waals surface area contributed by atoms with E-state index in [2.05, 4.69) is 15.9 Å². The van der Waals surface area contributed by atoms with Crippen LogP contribution in [0.3, 0.4) is 0 Å². The number of hydrogen-bond donors (Lipinski definition) is 0. The molecule has 1 rings (SSSR count). The van der Waals surface area contributed by atoms with Gasteiger partial charge < -0.3 is 4.74 Å². The molecule has 0 aromatic heterocycles. The van der Waals surface area contributed by atoms with Gasteiger partial charge in [0.1, 0.15) is 6.10 Å². The van der Waals surface area contributed by atoms with Crippen LogP contribution in [0.2, 0.25) is 0 Å². The van der Waals surface area contributed by atoms with Crippen molar-refractivity contribution in [1.82, 2.24) is 0 Å². The molecule has 0 amide bonds. The summed E-state index contributed by atoms with van der Waals surface area (Å²) in [4.78, 5) is 11.7. The second-order valence-corrected chi connectivity index (χ2v) is 3.73. The van der Waals surface area contributed by atoms with E-state index in [4.69, 9.17) is 4.74 Å². The molecule has 1 unspecified atom stereocenters. The van der Waals surface area contributed by atoms with Crippen LogP contribution in [0, 0.1) is 0 Å². The Morgan fingerprint density at radius 1 is 1.43 bits per heavy atom. The molecule has 0 N–H and O–H groups in total. The van der Waals surface area contributed by atoms with Gasteiger partial charge in [-0.25, -0.2) is 0 Å². The number of ether oxygens (including phenoxy) is 1. The molecule has 1 aromatic carbocycles. The third kappa shape index (κ3) is 3.24. The first-order chi connectivity index (χ1) is 6.75. The molecule has 0 saturated heterocycles. The van der Waals surface area contributed by atoms with Gasteiger partial charge in [-0.2, -0.15) is 0 Å². The Morgan fingerprint density at radius 3 is 2.64 bits per heavy atom. The quantitative estimate of drug-likeness (QED) is 0.598. The van der Waals surface area contributed by atoms with Crippen LogP contribution in [0.4, 0.5) is 0 Å². The van der Waals surface area contributed by atoms with E-state index in [-0.39, 0.29) is 11.9 Å². The van der Waals surface area contributed by atoms with Gasteiger partial charge in [-0.3, -0.25) is 4.79 Å². The summed E-state index contributed by atoms with van der Waals surface area (Å²) in [5, 5.41) is 0.749. The number of rotatable bonds is 5. The summed E-state index contributed by atoms with van der Waals surface area (Å²) in [5.74, 6) is 0.0338. The minimum absolute atomic E-state index is 0.0338. The zero-order valence-electron chi connectivity index (χ0n) is 8.07. The predicted molar refractivity (Wildman–Crippen MR) is 60.0 cm³/mol. The van der Waals surface area contributed by atoms with E-state index in [1.54, 1.807) is 19.1 Å². The van der Waals surface area contributed by atoms with Crippen LogP contribution in [-0.2, 0) is 4.74 Å². The molecular weight excluding hydrogens is 244 g/mol. The summed E-state index contributed by atoms with van der Waals surface area (Å²) in [6.45, 7) is 2.33. The number of hydrogen-bond acceptors (Lipinski definition) is 2. The fraction of sp³-hybridized carbons (Fsp3) is 0.364. The third-order valence-electron chi connectivity index (χ3n) is 1.87. The largest absolute Gasteiger partial charge is 0.369 e. The first-order valence-electron chi connectivity index (χ1n) is 4.52. The molecule has 0 bridgehead atoms. The summed E-state index contributed by atoms with van der Waals surface area (Å²) in [7, 11) is 0. The molecule has 0 saturated carbocycles. The predicted octanol–water partition coefficient (Wildman–Crippen LogP) is 2.67. The van der Waals surface area contributed by atoms with Crippen LogP contribution in [0.5, 0.6) is 0 Å². The van der Waals surface area contributed by atoms with Gasteiger partial charge in [0.15, 0.2) is 5.78 Å². The smallest absolute Gasteiger partial charge is 0.191 e. The van der Waals surface area contributed by atoms with Crippen LogP contribution in [0.15, 0.2) is 30.3 Å². The Labute approximate surface area is 92.4 Å². The molecule has 0 aliphatic heterocycles. The van der Waals surface area contributed by atoms with Gasteiger partial charge >= 0.3 is 0 Å². The van der Waals surface area contributed by atoms with E-state index < -0.39 is 0 Å². The average molecular weight is 257 g/mol. The molecule has 0 aliphatic carbocycles.